The number of hydrogen-bond donors (Lipinski definition) is 0. The third-order valence-electron chi connectivity index (χ3n) is 2.50. The zero-order valence-corrected chi connectivity index (χ0v) is 11.2. The van der Waals surface area contributed by atoms with Gasteiger partial charge in [-0.05, 0) is 56.8 Å². The molecule has 0 amide bonds. The van der Waals surface area contributed by atoms with E-state index in [1.54, 1.807) is 0 Å². The minimum atomic E-state index is -0.592. The number of benzene rings is 1. The molecule has 1 aliphatic rings. The van der Waals surface area contributed by atoms with Crippen LogP contribution in [0.2, 0.25) is 0 Å². The molecule has 1 aromatic rings. The highest BCUT2D eigenvalue weighted by atomic mass is 79.9. The largest absolute Gasteiger partial charge is 0.386 e. The number of cyclic esters (lactones) is 2. The summed E-state index contributed by atoms with van der Waals surface area (Å²) < 4.78 is 5.83. The summed E-state index contributed by atoms with van der Waals surface area (Å²) in [5.74, 6) is -1.18. The number of hydrogen-bond acceptors (Lipinski definition) is 3. The highest BCUT2D eigenvalue weighted by Crippen LogP contribution is 2.38. The third kappa shape index (κ3) is 1.37. The molecule has 0 bridgehead atoms. The summed E-state index contributed by atoms with van der Waals surface area (Å²) >= 11 is 6.62. The Hall–Kier alpha value is -0.680. The van der Waals surface area contributed by atoms with Gasteiger partial charge >= 0.3 is 11.9 Å². The zero-order chi connectivity index (χ0) is 11.3. The lowest BCUT2D eigenvalue weighted by Crippen LogP contribution is -1.99. The molecule has 0 fully saturated rings. The van der Waals surface area contributed by atoms with Gasteiger partial charge in [-0.1, -0.05) is 0 Å². The van der Waals surface area contributed by atoms with Crippen molar-refractivity contribution < 1.29 is 14.3 Å². The predicted molar refractivity (Wildman–Crippen MR) is 61.1 cm³/mol. The van der Waals surface area contributed by atoms with Crippen LogP contribution in [0.5, 0.6) is 0 Å². The molecule has 1 heterocycles. The number of rotatable bonds is 0. The first-order valence-corrected chi connectivity index (χ1v) is 5.78. The molecular formula is C10H6Br2O3. The van der Waals surface area contributed by atoms with E-state index < -0.39 is 11.9 Å². The highest BCUT2D eigenvalue weighted by Gasteiger charge is 2.35. The molecular weight excluding hydrogens is 328 g/mol. The Morgan fingerprint density at radius 3 is 1.53 bits per heavy atom. The molecule has 1 aliphatic heterocycles. The van der Waals surface area contributed by atoms with E-state index in [4.69, 9.17) is 0 Å². The Bertz CT molecular complexity index is 461. The van der Waals surface area contributed by atoms with Gasteiger partial charge < -0.3 is 4.74 Å². The van der Waals surface area contributed by atoms with Gasteiger partial charge in [0.05, 0.1) is 11.1 Å². The highest BCUT2D eigenvalue weighted by molar-refractivity contribution is 9.11. The molecule has 0 N–H and O–H groups in total. The van der Waals surface area contributed by atoms with Crippen molar-refractivity contribution in [2.75, 3.05) is 0 Å². The third-order valence-corrected chi connectivity index (χ3v) is 4.49. The van der Waals surface area contributed by atoms with E-state index in [1.807, 2.05) is 13.8 Å². The second kappa shape index (κ2) is 3.42. The number of ether oxygens (including phenoxy) is 1. The summed E-state index contributed by atoms with van der Waals surface area (Å²) in [6.45, 7) is 3.75. The molecule has 0 aromatic heterocycles. The Morgan fingerprint density at radius 2 is 1.20 bits per heavy atom. The van der Waals surface area contributed by atoms with E-state index >= 15 is 0 Å². The second-order valence-electron chi connectivity index (χ2n) is 3.30. The van der Waals surface area contributed by atoms with Gasteiger partial charge in [0.25, 0.3) is 0 Å². The Morgan fingerprint density at radius 1 is 0.867 bits per heavy atom. The lowest BCUT2D eigenvalue weighted by atomic mass is 10.0. The minimum absolute atomic E-state index is 0.315. The van der Waals surface area contributed by atoms with Crippen LogP contribution in [0.25, 0.3) is 0 Å². The Kier molecular flexibility index (Phi) is 2.47. The first kappa shape index (κ1) is 10.8. The van der Waals surface area contributed by atoms with Gasteiger partial charge in [-0.3, -0.25) is 0 Å². The molecule has 0 unspecified atom stereocenters. The van der Waals surface area contributed by atoms with Crippen LogP contribution in [0.3, 0.4) is 0 Å². The first-order valence-electron chi connectivity index (χ1n) is 4.19. The second-order valence-corrected chi connectivity index (χ2v) is 4.89. The monoisotopic (exact) mass is 332 g/mol. The molecule has 2 rings (SSSR count). The summed E-state index contributed by atoms with van der Waals surface area (Å²) in [7, 11) is 0. The average molecular weight is 334 g/mol. The van der Waals surface area contributed by atoms with Crippen molar-refractivity contribution in [3.63, 3.8) is 0 Å². The Balaban J connectivity index is 2.92. The van der Waals surface area contributed by atoms with E-state index in [-0.39, 0.29) is 0 Å². The SMILES string of the molecule is Cc1c(C)c(Br)c2c(c1Br)C(=O)OC2=O. The predicted octanol–water partition coefficient (Wildman–Crippen LogP) is 3.14. The molecule has 5 heteroatoms. The van der Waals surface area contributed by atoms with Crippen molar-refractivity contribution in [2.24, 2.45) is 0 Å². The molecule has 0 saturated heterocycles. The maximum absolute atomic E-state index is 11.4. The van der Waals surface area contributed by atoms with Crippen LogP contribution in [-0.2, 0) is 4.74 Å². The van der Waals surface area contributed by atoms with E-state index in [0.29, 0.717) is 20.1 Å². The van der Waals surface area contributed by atoms with Crippen molar-refractivity contribution >= 4 is 43.8 Å². The summed E-state index contributed by atoms with van der Waals surface area (Å²) in [4.78, 5) is 22.8. The van der Waals surface area contributed by atoms with E-state index in [0.717, 1.165) is 11.1 Å². The van der Waals surface area contributed by atoms with Gasteiger partial charge in [0.2, 0.25) is 0 Å². The number of esters is 2. The maximum Gasteiger partial charge on any atom is 0.348 e. The van der Waals surface area contributed by atoms with Crippen molar-refractivity contribution in [3.8, 4) is 0 Å². The van der Waals surface area contributed by atoms with Crippen molar-refractivity contribution in [3.05, 3.63) is 31.2 Å². The normalized spacial score (nSPS) is 14.1. The topological polar surface area (TPSA) is 43.4 Å². The molecule has 0 saturated carbocycles. The quantitative estimate of drug-likeness (QED) is 0.541. The van der Waals surface area contributed by atoms with Crippen LogP contribution in [0, 0.1) is 13.8 Å². The molecule has 0 radical (unpaired) electrons. The van der Waals surface area contributed by atoms with Crippen LogP contribution in [0.15, 0.2) is 8.95 Å². The molecule has 78 valence electrons. The van der Waals surface area contributed by atoms with Gasteiger partial charge in [0.15, 0.2) is 0 Å². The standard InChI is InChI=1S/C10H6Br2O3/c1-3-4(2)8(12)6-5(7(3)11)9(13)15-10(6)14/h1-2H3. The van der Waals surface area contributed by atoms with Crippen LogP contribution in [0.4, 0.5) is 0 Å². The number of carbonyl (C=O) groups excluding carboxylic acids is 2. The van der Waals surface area contributed by atoms with Gasteiger partial charge in [-0.2, -0.15) is 0 Å². The lowest BCUT2D eigenvalue weighted by molar-refractivity contribution is 0.0443. The molecule has 1 aromatic carbocycles. The summed E-state index contributed by atoms with van der Waals surface area (Å²) in [5.41, 5.74) is 2.48. The minimum Gasteiger partial charge on any atom is -0.386 e. The lowest BCUT2D eigenvalue weighted by Gasteiger charge is -2.09. The number of carbonyl (C=O) groups is 2. The summed E-state index contributed by atoms with van der Waals surface area (Å²) in [6.07, 6.45) is 0. The van der Waals surface area contributed by atoms with E-state index in [9.17, 15) is 9.59 Å². The summed E-state index contributed by atoms with van der Waals surface area (Å²) in [6, 6.07) is 0. The average Bonchev–Trinajstić information content (AvgIpc) is 2.47. The Labute approximate surface area is 103 Å². The van der Waals surface area contributed by atoms with Crippen molar-refractivity contribution in [2.45, 2.75) is 13.8 Å². The number of fused-ring (bicyclic) bond motifs is 1. The van der Waals surface area contributed by atoms with Gasteiger partial charge in [0, 0.05) is 8.95 Å². The van der Waals surface area contributed by atoms with Gasteiger partial charge in [-0.15, -0.1) is 0 Å². The van der Waals surface area contributed by atoms with E-state index in [1.165, 1.54) is 0 Å². The van der Waals surface area contributed by atoms with Crippen molar-refractivity contribution in [1.29, 1.82) is 0 Å². The molecule has 3 nitrogen and oxygen atoms in total. The molecule has 15 heavy (non-hydrogen) atoms. The molecule has 0 aliphatic carbocycles. The fraction of sp³-hybridized carbons (Fsp3) is 0.200. The first-order chi connectivity index (χ1) is 6.95. The molecule has 0 spiro atoms. The van der Waals surface area contributed by atoms with E-state index in [2.05, 4.69) is 36.6 Å². The van der Waals surface area contributed by atoms with Crippen molar-refractivity contribution in [1.82, 2.24) is 0 Å². The van der Waals surface area contributed by atoms with Crippen LogP contribution >= 0.6 is 31.9 Å². The van der Waals surface area contributed by atoms with Gasteiger partial charge in [0.1, 0.15) is 0 Å². The fourth-order valence-electron chi connectivity index (χ4n) is 1.49. The van der Waals surface area contributed by atoms with Gasteiger partial charge in [-0.25, -0.2) is 9.59 Å². The van der Waals surface area contributed by atoms with Crippen LogP contribution in [0.1, 0.15) is 31.8 Å². The fourth-order valence-corrected chi connectivity index (χ4v) is 2.81. The number of halogens is 2. The summed E-state index contributed by atoms with van der Waals surface area (Å²) in [5, 5.41) is 0. The maximum atomic E-state index is 11.4. The zero-order valence-electron chi connectivity index (χ0n) is 7.98. The molecule has 0 atom stereocenters. The smallest absolute Gasteiger partial charge is 0.348 e. The van der Waals surface area contributed by atoms with Crippen LogP contribution in [-0.4, -0.2) is 11.9 Å². The van der Waals surface area contributed by atoms with Crippen LogP contribution < -0.4 is 0 Å².